The molecule has 2 amide bonds. The highest BCUT2D eigenvalue weighted by atomic mass is 32.1. The van der Waals surface area contributed by atoms with E-state index in [1.165, 1.54) is 23.7 Å². The molecule has 3 heterocycles. The summed E-state index contributed by atoms with van der Waals surface area (Å²) in [5.74, 6) is -0.387. The molecular formula is C17H21N5O5S. The first kappa shape index (κ1) is 21.2. The molecule has 2 aromatic rings. The van der Waals surface area contributed by atoms with Gasteiger partial charge in [0.2, 0.25) is 5.91 Å². The van der Waals surface area contributed by atoms with Crippen molar-refractivity contribution in [1.29, 1.82) is 0 Å². The number of hydrogen-bond acceptors (Lipinski definition) is 7. The average Bonchev–Trinajstić information content (AvgIpc) is 2.93. The minimum atomic E-state index is -0.497. The molecule has 11 heteroatoms. The second-order valence-corrected chi connectivity index (χ2v) is 7.00. The summed E-state index contributed by atoms with van der Waals surface area (Å²) in [4.78, 5) is 59.0. The molecule has 0 radical (unpaired) electrons. The van der Waals surface area contributed by atoms with Crippen LogP contribution in [-0.4, -0.2) is 74.3 Å². The van der Waals surface area contributed by atoms with E-state index in [1.54, 1.807) is 9.80 Å². The van der Waals surface area contributed by atoms with E-state index in [-0.39, 0.29) is 24.5 Å². The predicted molar refractivity (Wildman–Crippen MR) is 101 cm³/mol. The summed E-state index contributed by atoms with van der Waals surface area (Å²) >= 11 is 1.53. The van der Waals surface area contributed by atoms with Gasteiger partial charge in [-0.2, -0.15) is 0 Å². The topological polar surface area (TPSA) is 137 Å². The monoisotopic (exact) mass is 407 g/mol. The third kappa shape index (κ3) is 5.71. The number of aromatic amines is 1. The Balaban J connectivity index is 0.000000878. The first-order chi connectivity index (χ1) is 13.5. The maximum absolute atomic E-state index is 12.5. The fraction of sp³-hybridized carbons (Fsp3) is 0.412. The Hall–Kier alpha value is -3.08. The van der Waals surface area contributed by atoms with Gasteiger partial charge in [0.25, 0.3) is 17.9 Å². The van der Waals surface area contributed by atoms with Gasteiger partial charge in [-0.05, 0) is 13.3 Å². The molecule has 0 saturated carbocycles. The molecule has 0 spiro atoms. The number of nitrogens with one attached hydrogen (secondary N) is 1. The van der Waals surface area contributed by atoms with Crippen molar-refractivity contribution in [2.45, 2.75) is 19.8 Å². The molecule has 0 bridgehead atoms. The van der Waals surface area contributed by atoms with Crippen molar-refractivity contribution < 1.29 is 19.5 Å². The van der Waals surface area contributed by atoms with Crippen molar-refractivity contribution in [3.05, 3.63) is 44.5 Å². The maximum atomic E-state index is 12.5. The second-order valence-electron chi connectivity index (χ2n) is 5.93. The minimum absolute atomic E-state index is 0.00952. The Labute approximate surface area is 164 Å². The van der Waals surface area contributed by atoms with Gasteiger partial charge in [-0.1, -0.05) is 0 Å². The number of carbonyl (C=O) groups excluding carboxylic acids is 2. The summed E-state index contributed by atoms with van der Waals surface area (Å²) in [5.41, 5.74) is 0.175. The number of amides is 2. The van der Waals surface area contributed by atoms with Crippen LogP contribution in [0.5, 0.6) is 0 Å². The van der Waals surface area contributed by atoms with Crippen molar-refractivity contribution in [2.24, 2.45) is 0 Å². The van der Waals surface area contributed by atoms with Gasteiger partial charge in [0.05, 0.1) is 17.1 Å². The molecule has 10 nitrogen and oxygen atoms in total. The summed E-state index contributed by atoms with van der Waals surface area (Å²) in [6, 6.07) is 0. The third-order valence-electron chi connectivity index (χ3n) is 4.04. The lowest BCUT2D eigenvalue weighted by molar-refractivity contribution is -0.130. The lowest BCUT2D eigenvalue weighted by Crippen LogP contribution is -2.39. The molecule has 2 N–H and O–H groups in total. The maximum Gasteiger partial charge on any atom is 0.290 e. The highest BCUT2D eigenvalue weighted by Gasteiger charge is 2.25. The van der Waals surface area contributed by atoms with Gasteiger partial charge in [0.1, 0.15) is 0 Å². The largest absolute Gasteiger partial charge is 0.483 e. The number of aryl methyl sites for hydroxylation is 1. The van der Waals surface area contributed by atoms with Gasteiger partial charge >= 0.3 is 0 Å². The number of carbonyl (C=O) groups is 3. The Bertz CT molecular complexity index is 881. The number of nitrogens with zero attached hydrogens (tertiary/aromatic N) is 4. The van der Waals surface area contributed by atoms with Crippen molar-refractivity contribution in [1.82, 2.24) is 24.8 Å². The lowest BCUT2D eigenvalue weighted by Gasteiger charge is -2.21. The number of carboxylic acid groups (broad SMARTS) is 1. The highest BCUT2D eigenvalue weighted by molar-refractivity contribution is 7.09. The zero-order valence-electron chi connectivity index (χ0n) is 15.3. The molecule has 0 aromatic carbocycles. The van der Waals surface area contributed by atoms with Crippen LogP contribution < -0.4 is 5.56 Å². The van der Waals surface area contributed by atoms with Gasteiger partial charge in [-0.3, -0.25) is 19.2 Å². The summed E-state index contributed by atoms with van der Waals surface area (Å²) in [7, 11) is 0. The quantitative estimate of drug-likeness (QED) is 0.691. The standard InChI is InChI=1S/C16H19N5O3S.CH2O2/c1-11-19-12(10-25-11)9-13(22)20-5-2-6-21(8-7-20)16(24)14-15(23)18-4-3-17-14;2-1-3/h3-4,10H,2,5-9H2,1H3,(H,18,23);1H,(H,2,3). The molecule has 0 unspecified atom stereocenters. The van der Waals surface area contributed by atoms with Crippen LogP contribution in [0, 0.1) is 6.92 Å². The van der Waals surface area contributed by atoms with E-state index in [0.717, 1.165) is 10.7 Å². The lowest BCUT2D eigenvalue weighted by atomic mass is 10.3. The van der Waals surface area contributed by atoms with E-state index in [9.17, 15) is 14.4 Å². The number of aromatic nitrogens is 3. The zero-order chi connectivity index (χ0) is 20.5. The van der Waals surface area contributed by atoms with Crippen LogP contribution in [0.3, 0.4) is 0 Å². The molecule has 28 heavy (non-hydrogen) atoms. The number of H-pyrrole nitrogens is 1. The van der Waals surface area contributed by atoms with Gasteiger partial charge in [0.15, 0.2) is 5.69 Å². The Kier molecular flexibility index (Phi) is 7.81. The molecule has 1 aliphatic rings. The number of rotatable bonds is 3. The minimum Gasteiger partial charge on any atom is -0.483 e. The summed E-state index contributed by atoms with van der Waals surface area (Å²) < 4.78 is 0. The molecule has 0 atom stereocenters. The van der Waals surface area contributed by atoms with E-state index in [0.29, 0.717) is 32.6 Å². The summed E-state index contributed by atoms with van der Waals surface area (Å²) in [6.07, 6.45) is 3.72. The predicted octanol–water partition coefficient (Wildman–Crippen LogP) is 0.153. The fourth-order valence-electron chi connectivity index (χ4n) is 2.78. The smallest absolute Gasteiger partial charge is 0.290 e. The van der Waals surface area contributed by atoms with Crippen molar-refractivity contribution in [3.63, 3.8) is 0 Å². The van der Waals surface area contributed by atoms with E-state index in [4.69, 9.17) is 9.90 Å². The SMILES string of the molecule is Cc1nc(CC(=O)N2CCCN(C(=O)c3ncc[nH]c3=O)CC2)cs1.O=CO. The molecule has 2 aromatic heterocycles. The van der Waals surface area contributed by atoms with Gasteiger partial charge in [-0.15, -0.1) is 11.3 Å². The van der Waals surface area contributed by atoms with Crippen LogP contribution in [0.4, 0.5) is 0 Å². The molecular weight excluding hydrogens is 386 g/mol. The summed E-state index contributed by atoms with van der Waals surface area (Å²) in [6.45, 7) is 3.57. The molecule has 1 fully saturated rings. The second kappa shape index (κ2) is 10.3. The van der Waals surface area contributed by atoms with Gasteiger partial charge in [0, 0.05) is 44.0 Å². The van der Waals surface area contributed by atoms with Crippen molar-refractivity contribution >= 4 is 29.6 Å². The number of hydrogen-bond donors (Lipinski definition) is 2. The van der Waals surface area contributed by atoms with Crippen LogP contribution in [0.2, 0.25) is 0 Å². The van der Waals surface area contributed by atoms with Crippen molar-refractivity contribution in [2.75, 3.05) is 26.2 Å². The Morgan fingerprint density at radius 1 is 1.29 bits per heavy atom. The highest BCUT2D eigenvalue weighted by Crippen LogP contribution is 2.11. The first-order valence-electron chi connectivity index (χ1n) is 8.56. The molecule has 0 aliphatic carbocycles. The fourth-order valence-corrected chi connectivity index (χ4v) is 3.39. The van der Waals surface area contributed by atoms with Crippen LogP contribution >= 0.6 is 11.3 Å². The molecule has 1 saturated heterocycles. The van der Waals surface area contributed by atoms with Gasteiger partial charge in [-0.25, -0.2) is 9.97 Å². The number of thiazole rings is 1. The zero-order valence-corrected chi connectivity index (χ0v) is 16.1. The Morgan fingerprint density at radius 2 is 1.96 bits per heavy atom. The van der Waals surface area contributed by atoms with Gasteiger partial charge < -0.3 is 19.9 Å². The van der Waals surface area contributed by atoms with E-state index in [1.807, 2.05) is 12.3 Å². The van der Waals surface area contributed by atoms with E-state index >= 15 is 0 Å². The van der Waals surface area contributed by atoms with Crippen LogP contribution in [0.25, 0.3) is 0 Å². The normalized spacial score (nSPS) is 13.9. The average molecular weight is 407 g/mol. The third-order valence-corrected chi connectivity index (χ3v) is 4.87. The van der Waals surface area contributed by atoms with E-state index in [2.05, 4.69) is 15.0 Å². The summed E-state index contributed by atoms with van der Waals surface area (Å²) in [5, 5.41) is 9.73. The molecule has 1 aliphatic heterocycles. The van der Waals surface area contributed by atoms with E-state index < -0.39 is 11.5 Å². The first-order valence-corrected chi connectivity index (χ1v) is 9.43. The molecule has 3 rings (SSSR count). The Morgan fingerprint density at radius 3 is 2.61 bits per heavy atom. The van der Waals surface area contributed by atoms with Crippen molar-refractivity contribution in [3.8, 4) is 0 Å². The van der Waals surface area contributed by atoms with Crippen LogP contribution in [0.15, 0.2) is 22.6 Å². The van der Waals surface area contributed by atoms with Crippen LogP contribution in [0.1, 0.15) is 27.6 Å². The molecule has 150 valence electrons. The van der Waals surface area contributed by atoms with Crippen LogP contribution in [-0.2, 0) is 16.0 Å².